The molecular formula is C12H21NO2. The van der Waals surface area contributed by atoms with E-state index in [4.69, 9.17) is 4.74 Å². The molecule has 2 aliphatic rings. The maximum atomic E-state index is 12.3. The highest BCUT2D eigenvalue weighted by Crippen LogP contribution is 2.52. The smallest absolute Gasteiger partial charge is 0.228 e. The van der Waals surface area contributed by atoms with Gasteiger partial charge < -0.3 is 9.64 Å². The molecule has 2 fully saturated rings. The van der Waals surface area contributed by atoms with Crippen LogP contribution in [0.25, 0.3) is 0 Å². The molecule has 3 heteroatoms. The third-order valence-electron chi connectivity index (χ3n) is 3.40. The maximum absolute atomic E-state index is 12.3. The number of amides is 1. The summed E-state index contributed by atoms with van der Waals surface area (Å²) in [6.45, 7) is 7.41. The van der Waals surface area contributed by atoms with Crippen LogP contribution in [0.3, 0.4) is 0 Å². The molecule has 0 aromatic carbocycles. The fourth-order valence-electron chi connectivity index (χ4n) is 2.54. The Morgan fingerprint density at radius 3 is 2.40 bits per heavy atom. The second-order valence-electron chi connectivity index (χ2n) is 5.28. The van der Waals surface area contributed by atoms with Gasteiger partial charge in [0.2, 0.25) is 5.91 Å². The molecule has 0 aromatic rings. The van der Waals surface area contributed by atoms with Crippen molar-refractivity contribution in [1.29, 1.82) is 0 Å². The lowest BCUT2D eigenvalue weighted by Crippen LogP contribution is -2.44. The van der Waals surface area contributed by atoms with E-state index in [1.54, 1.807) is 0 Å². The lowest BCUT2D eigenvalue weighted by atomic mass is 9.92. The Hall–Kier alpha value is -0.570. The Morgan fingerprint density at radius 2 is 1.93 bits per heavy atom. The van der Waals surface area contributed by atoms with Crippen molar-refractivity contribution in [2.45, 2.75) is 33.1 Å². The van der Waals surface area contributed by atoms with E-state index in [1.165, 1.54) is 0 Å². The number of hydrogen-bond acceptors (Lipinski definition) is 2. The van der Waals surface area contributed by atoms with Gasteiger partial charge in [0.1, 0.15) is 0 Å². The van der Waals surface area contributed by atoms with E-state index >= 15 is 0 Å². The first-order valence-electron chi connectivity index (χ1n) is 6.01. The molecule has 15 heavy (non-hydrogen) atoms. The second-order valence-corrected chi connectivity index (χ2v) is 5.28. The van der Waals surface area contributed by atoms with Crippen LogP contribution in [0, 0.1) is 11.3 Å². The van der Waals surface area contributed by atoms with Crippen molar-refractivity contribution in [2.75, 3.05) is 26.3 Å². The van der Waals surface area contributed by atoms with Gasteiger partial charge in [-0.05, 0) is 25.2 Å². The number of ether oxygens (including phenoxy) is 1. The Kier molecular flexibility index (Phi) is 3.01. The van der Waals surface area contributed by atoms with Gasteiger partial charge in [-0.2, -0.15) is 0 Å². The van der Waals surface area contributed by atoms with Crippen LogP contribution in [0.2, 0.25) is 0 Å². The van der Waals surface area contributed by atoms with Crippen molar-refractivity contribution in [3.05, 3.63) is 0 Å². The largest absolute Gasteiger partial charge is 0.378 e. The van der Waals surface area contributed by atoms with Crippen molar-refractivity contribution in [3.63, 3.8) is 0 Å². The van der Waals surface area contributed by atoms with Crippen LogP contribution in [0.5, 0.6) is 0 Å². The molecule has 0 N–H and O–H groups in total. The zero-order chi connectivity index (χ0) is 10.9. The lowest BCUT2D eigenvalue weighted by molar-refractivity contribution is -0.141. The lowest BCUT2D eigenvalue weighted by Gasteiger charge is -2.31. The van der Waals surface area contributed by atoms with Gasteiger partial charge in [0.05, 0.1) is 13.2 Å². The summed E-state index contributed by atoms with van der Waals surface area (Å²) in [4.78, 5) is 14.3. The third-order valence-corrected chi connectivity index (χ3v) is 3.40. The molecule has 2 rings (SSSR count). The molecule has 86 valence electrons. The minimum atomic E-state index is 0.0194. The van der Waals surface area contributed by atoms with E-state index in [-0.39, 0.29) is 5.41 Å². The molecule has 0 radical (unpaired) electrons. The van der Waals surface area contributed by atoms with Crippen LogP contribution < -0.4 is 0 Å². The number of morpholine rings is 1. The Morgan fingerprint density at radius 1 is 1.33 bits per heavy atom. The number of rotatable bonds is 3. The first kappa shape index (κ1) is 10.9. The summed E-state index contributed by atoms with van der Waals surface area (Å²) < 4.78 is 5.27. The number of hydrogen-bond donors (Lipinski definition) is 0. The highest BCUT2D eigenvalue weighted by molar-refractivity contribution is 5.85. The fourth-order valence-corrected chi connectivity index (χ4v) is 2.54. The zero-order valence-corrected chi connectivity index (χ0v) is 9.79. The quantitative estimate of drug-likeness (QED) is 0.710. The Balaban J connectivity index is 1.94. The normalized spacial score (nSPS) is 24.3. The predicted octanol–water partition coefficient (Wildman–Crippen LogP) is 1.67. The van der Waals surface area contributed by atoms with Gasteiger partial charge in [-0.15, -0.1) is 0 Å². The summed E-state index contributed by atoms with van der Waals surface area (Å²) in [6.07, 6.45) is 3.26. The van der Waals surface area contributed by atoms with Crippen molar-refractivity contribution < 1.29 is 9.53 Å². The minimum absolute atomic E-state index is 0.0194. The molecule has 3 nitrogen and oxygen atoms in total. The summed E-state index contributed by atoms with van der Waals surface area (Å²) in [5, 5.41) is 0. The summed E-state index contributed by atoms with van der Waals surface area (Å²) in [6, 6.07) is 0. The van der Waals surface area contributed by atoms with Crippen LogP contribution in [0.15, 0.2) is 0 Å². The predicted molar refractivity (Wildman–Crippen MR) is 58.5 cm³/mol. The molecule has 0 unspecified atom stereocenters. The molecule has 0 spiro atoms. The minimum Gasteiger partial charge on any atom is -0.378 e. The van der Waals surface area contributed by atoms with Crippen molar-refractivity contribution >= 4 is 5.91 Å². The number of carbonyl (C=O) groups is 1. The molecule has 1 saturated heterocycles. The van der Waals surface area contributed by atoms with E-state index in [2.05, 4.69) is 13.8 Å². The van der Waals surface area contributed by atoms with E-state index in [0.717, 1.165) is 32.4 Å². The van der Waals surface area contributed by atoms with Crippen molar-refractivity contribution in [3.8, 4) is 0 Å². The van der Waals surface area contributed by atoms with E-state index in [9.17, 15) is 4.79 Å². The number of nitrogens with zero attached hydrogens (tertiary/aromatic N) is 1. The number of carbonyl (C=O) groups excluding carboxylic acids is 1. The van der Waals surface area contributed by atoms with Gasteiger partial charge in [0, 0.05) is 18.5 Å². The monoisotopic (exact) mass is 211 g/mol. The van der Waals surface area contributed by atoms with Gasteiger partial charge in [-0.25, -0.2) is 0 Å². The maximum Gasteiger partial charge on any atom is 0.228 e. The molecule has 0 aromatic heterocycles. The SMILES string of the molecule is CC(C)CC1(C(=O)N2CCOCC2)CC1. The van der Waals surface area contributed by atoms with Crippen LogP contribution in [0.1, 0.15) is 33.1 Å². The summed E-state index contributed by atoms with van der Waals surface area (Å²) >= 11 is 0. The average Bonchev–Trinajstić information content (AvgIpc) is 2.98. The molecule has 1 amide bonds. The zero-order valence-electron chi connectivity index (χ0n) is 9.79. The van der Waals surface area contributed by atoms with E-state index < -0.39 is 0 Å². The molecule has 1 aliphatic heterocycles. The Bertz CT molecular complexity index is 240. The van der Waals surface area contributed by atoms with Gasteiger partial charge in [-0.1, -0.05) is 13.8 Å². The molecule has 0 bridgehead atoms. The third kappa shape index (κ3) is 2.33. The topological polar surface area (TPSA) is 29.5 Å². The highest BCUT2D eigenvalue weighted by atomic mass is 16.5. The molecule has 0 atom stereocenters. The van der Waals surface area contributed by atoms with Gasteiger partial charge in [0.25, 0.3) is 0 Å². The van der Waals surface area contributed by atoms with E-state index in [1.807, 2.05) is 4.90 Å². The average molecular weight is 211 g/mol. The Labute approximate surface area is 91.8 Å². The molecule has 1 saturated carbocycles. The summed E-state index contributed by atoms with van der Waals surface area (Å²) in [5.74, 6) is 1.01. The van der Waals surface area contributed by atoms with Gasteiger partial charge in [0.15, 0.2) is 0 Å². The van der Waals surface area contributed by atoms with Crippen LogP contribution in [-0.2, 0) is 9.53 Å². The highest BCUT2D eigenvalue weighted by Gasteiger charge is 2.51. The van der Waals surface area contributed by atoms with Crippen LogP contribution in [0.4, 0.5) is 0 Å². The van der Waals surface area contributed by atoms with Gasteiger partial charge >= 0.3 is 0 Å². The van der Waals surface area contributed by atoms with Crippen LogP contribution >= 0.6 is 0 Å². The van der Waals surface area contributed by atoms with E-state index in [0.29, 0.717) is 25.0 Å². The summed E-state index contributed by atoms with van der Waals surface area (Å²) in [5.41, 5.74) is 0.0194. The molecule has 1 aliphatic carbocycles. The van der Waals surface area contributed by atoms with Crippen molar-refractivity contribution in [1.82, 2.24) is 4.90 Å². The molecule has 1 heterocycles. The first-order valence-corrected chi connectivity index (χ1v) is 6.01. The summed E-state index contributed by atoms with van der Waals surface area (Å²) in [7, 11) is 0. The standard InChI is InChI=1S/C12H21NO2/c1-10(2)9-12(3-4-12)11(14)13-5-7-15-8-6-13/h10H,3-9H2,1-2H3. The van der Waals surface area contributed by atoms with Crippen LogP contribution in [-0.4, -0.2) is 37.1 Å². The van der Waals surface area contributed by atoms with Gasteiger partial charge in [-0.3, -0.25) is 4.79 Å². The second kappa shape index (κ2) is 4.12. The van der Waals surface area contributed by atoms with Crippen molar-refractivity contribution in [2.24, 2.45) is 11.3 Å². The first-order chi connectivity index (χ1) is 7.14. The fraction of sp³-hybridized carbons (Fsp3) is 0.917. The molecular weight excluding hydrogens is 190 g/mol.